The molecule has 1 unspecified atom stereocenters. The third-order valence-corrected chi connectivity index (χ3v) is 5.99. The third-order valence-electron chi connectivity index (χ3n) is 4.82. The van der Waals surface area contributed by atoms with E-state index in [2.05, 4.69) is 12.2 Å². The molecule has 0 bridgehead atoms. The van der Waals surface area contributed by atoms with Gasteiger partial charge in [0, 0.05) is 4.88 Å². The SMILES string of the molecule is CCOC(=O)c1c(NC(=O)c2cc(F)ccc2F)sc2c1CCC(CC)C2. The van der Waals surface area contributed by atoms with Crippen LogP contribution in [-0.2, 0) is 17.6 Å². The molecule has 0 saturated carbocycles. The van der Waals surface area contributed by atoms with Gasteiger partial charge in [-0.3, -0.25) is 4.79 Å². The van der Waals surface area contributed by atoms with Crippen LogP contribution in [0.1, 0.15) is 57.8 Å². The zero-order chi connectivity index (χ0) is 19.6. The molecule has 27 heavy (non-hydrogen) atoms. The van der Waals surface area contributed by atoms with Crippen LogP contribution in [0.25, 0.3) is 0 Å². The first kappa shape index (κ1) is 19.5. The van der Waals surface area contributed by atoms with Crippen molar-refractivity contribution in [1.29, 1.82) is 0 Å². The predicted molar refractivity (Wildman–Crippen MR) is 100 cm³/mol. The van der Waals surface area contributed by atoms with Crippen molar-refractivity contribution < 1.29 is 23.1 Å². The fraction of sp³-hybridized carbons (Fsp3) is 0.400. The zero-order valence-electron chi connectivity index (χ0n) is 15.2. The molecule has 0 fully saturated rings. The Morgan fingerprint density at radius 3 is 2.78 bits per heavy atom. The lowest BCUT2D eigenvalue weighted by Crippen LogP contribution is -2.18. The van der Waals surface area contributed by atoms with Crippen LogP contribution >= 0.6 is 11.3 Å². The number of anilines is 1. The fourth-order valence-electron chi connectivity index (χ4n) is 3.35. The van der Waals surface area contributed by atoms with E-state index in [0.29, 0.717) is 16.5 Å². The van der Waals surface area contributed by atoms with Crippen LogP contribution in [-0.4, -0.2) is 18.5 Å². The molecule has 1 aromatic heterocycles. The van der Waals surface area contributed by atoms with Gasteiger partial charge in [0.05, 0.1) is 17.7 Å². The minimum absolute atomic E-state index is 0.215. The summed E-state index contributed by atoms with van der Waals surface area (Å²) in [5, 5.41) is 2.93. The molecular weight excluding hydrogens is 372 g/mol. The van der Waals surface area contributed by atoms with Crippen molar-refractivity contribution in [2.45, 2.75) is 39.5 Å². The molecule has 0 aliphatic heterocycles. The number of hydrogen-bond donors (Lipinski definition) is 1. The molecule has 3 rings (SSSR count). The van der Waals surface area contributed by atoms with Gasteiger partial charge in [0.1, 0.15) is 16.6 Å². The number of ether oxygens (including phenoxy) is 1. The second kappa shape index (κ2) is 8.17. The summed E-state index contributed by atoms with van der Waals surface area (Å²) in [7, 11) is 0. The van der Waals surface area contributed by atoms with Crippen molar-refractivity contribution >= 4 is 28.2 Å². The van der Waals surface area contributed by atoms with Crippen molar-refractivity contribution in [3.63, 3.8) is 0 Å². The van der Waals surface area contributed by atoms with Crippen molar-refractivity contribution in [2.75, 3.05) is 11.9 Å². The lowest BCUT2D eigenvalue weighted by Gasteiger charge is -2.20. The molecular formula is C20H21F2NO3S. The van der Waals surface area contributed by atoms with Crippen LogP contribution in [0.5, 0.6) is 0 Å². The number of esters is 1. The van der Waals surface area contributed by atoms with Gasteiger partial charge in [0.2, 0.25) is 0 Å². The highest BCUT2D eigenvalue weighted by Crippen LogP contribution is 2.41. The first-order valence-corrected chi connectivity index (χ1v) is 9.84. The van der Waals surface area contributed by atoms with Gasteiger partial charge in [-0.2, -0.15) is 0 Å². The minimum Gasteiger partial charge on any atom is -0.462 e. The number of nitrogens with one attached hydrogen (secondary N) is 1. The first-order valence-electron chi connectivity index (χ1n) is 9.02. The molecule has 1 heterocycles. The average molecular weight is 393 g/mol. The highest BCUT2D eigenvalue weighted by atomic mass is 32.1. The van der Waals surface area contributed by atoms with Gasteiger partial charge in [0.25, 0.3) is 5.91 Å². The predicted octanol–water partition coefficient (Wildman–Crippen LogP) is 4.97. The number of benzene rings is 1. The summed E-state index contributed by atoms with van der Waals surface area (Å²) < 4.78 is 32.5. The van der Waals surface area contributed by atoms with Crippen molar-refractivity contribution in [3.8, 4) is 0 Å². The van der Waals surface area contributed by atoms with Gasteiger partial charge in [-0.25, -0.2) is 13.6 Å². The summed E-state index contributed by atoms with van der Waals surface area (Å²) in [4.78, 5) is 26.0. The molecule has 1 aliphatic rings. The molecule has 0 saturated heterocycles. The monoisotopic (exact) mass is 393 g/mol. The smallest absolute Gasteiger partial charge is 0.341 e. The Kier molecular flexibility index (Phi) is 5.89. The molecule has 1 atom stereocenters. The lowest BCUT2D eigenvalue weighted by atomic mass is 9.85. The minimum atomic E-state index is -0.820. The van der Waals surface area contributed by atoms with E-state index >= 15 is 0 Å². The molecule has 0 spiro atoms. The molecule has 1 amide bonds. The maximum atomic E-state index is 13.9. The van der Waals surface area contributed by atoms with E-state index in [1.54, 1.807) is 6.92 Å². The molecule has 7 heteroatoms. The molecule has 2 aromatic rings. The maximum absolute atomic E-state index is 13.9. The standard InChI is InChI=1S/C20H21F2NO3S/c1-3-11-5-7-13-16(9-11)27-19(17(13)20(25)26-4-2)23-18(24)14-10-12(21)6-8-15(14)22/h6,8,10-11H,3-5,7,9H2,1-2H3,(H,23,24). The number of hydrogen-bond acceptors (Lipinski definition) is 4. The zero-order valence-corrected chi connectivity index (χ0v) is 16.1. The summed E-state index contributed by atoms with van der Waals surface area (Å²) in [6.45, 7) is 4.06. The molecule has 1 N–H and O–H groups in total. The maximum Gasteiger partial charge on any atom is 0.341 e. The van der Waals surface area contributed by atoms with Crippen LogP contribution in [0.3, 0.4) is 0 Å². The Bertz CT molecular complexity index is 878. The van der Waals surface area contributed by atoms with Crippen LogP contribution in [0.15, 0.2) is 18.2 Å². The van der Waals surface area contributed by atoms with Crippen LogP contribution in [0, 0.1) is 17.6 Å². The second-order valence-electron chi connectivity index (χ2n) is 6.52. The van der Waals surface area contributed by atoms with E-state index in [1.807, 2.05) is 0 Å². The topological polar surface area (TPSA) is 55.4 Å². The third kappa shape index (κ3) is 4.03. The Morgan fingerprint density at radius 1 is 1.30 bits per heavy atom. The average Bonchev–Trinajstić information content (AvgIpc) is 3.00. The van der Waals surface area contributed by atoms with E-state index in [4.69, 9.17) is 4.74 Å². The summed E-state index contributed by atoms with van der Waals surface area (Å²) in [5.41, 5.74) is 0.845. The summed E-state index contributed by atoms with van der Waals surface area (Å²) in [5.74, 6) is -2.28. The van der Waals surface area contributed by atoms with Crippen molar-refractivity contribution in [2.24, 2.45) is 5.92 Å². The number of rotatable bonds is 5. The van der Waals surface area contributed by atoms with Crippen molar-refractivity contribution in [3.05, 3.63) is 51.4 Å². The molecule has 1 aliphatic carbocycles. The number of thiophene rings is 1. The first-order chi connectivity index (χ1) is 12.9. The quantitative estimate of drug-likeness (QED) is 0.730. The van der Waals surface area contributed by atoms with Gasteiger partial charge < -0.3 is 10.1 Å². The van der Waals surface area contributed by atoms with Gasteiger partial charge in [-0.05, 0) is 55.9 Å². The highest BCUT2D eigenvalue weighted by Gasteiger charge is 2.30. The van der Waals surface area contributed by atoms with Gasteiger partial charge in [-0.15, -0.1) is 11.3 Å². The largest absolute Gasteiger partial charge is 0.462 e. The second-order valence-corrected chi connectivity index (χ2v) is 7.63. The van der Waals surface area contributed by atoms with Gasteiger partial charge >= 0.3 is 5.97 Å². The van der Waals surface area contributed by atoms with E-state index in [9.17, 15) is 18.4 Å². The Balaban J connectivity index is 1.96. The van der Waals surface area contributed by atoms with E-state index in [-0.39, 0.29) is 6.61 Å². The van der Waals surface area contributed by atoms with Crippen LogP contribution in [0.2, 0.25) is 0 Å². The lowest BCUT2D eigenvalue weighted by molar-refractivity contribution is 0.0526. The van der Waals surface area contributed by atoms with E-state index in [1.165, 1.54) is 11.3 Å². The van der Waals surface area contributed by atoms with Crippen molar-refractivity contribution in [1.82, 2.24) is 0 Å². The van der Waals surface area contributed by atoms with Crippen LogP contribution < -0.4 is 5.32 Å². The highest BCUT2D eigenvalue weighted by molar-refractivity contribution is 7.17. The molecule has 144 valence electrons. The molecule has 1 aromatic carbocycles. The Hall–Kier alpha value is -2.28. The fourth-order valence-corrected chi connectivity index (χ4v) is 4.70. The number of carbonyl (C=O) groups is 2. The Morgan fingerprint density at radius 2 is 2.07 bits per heavy atom. The molecule has 0 radical (unpaired) electrons. The number of fused-ring (bicyclic) bond motifs is 1. The molecule has 4 nitrogen and oxygen atoms in total. The van der Waals surface area contributed by atoms with Gasteiger partial charge in [0.15, 0.2) is 0 Å². The van der Waals surface area contributed by atoms with E-state index < -0.39 is 29.1 Å². The number of amides is 1. The summed E-state index contributed by atoms with van der Waals surface area (Å²) in [6, 6.07) is 2.70. The number of carbonyl (C=O) groups excluding carboxylic acids is 2. The van der Waals surface area contributed by atoms with E-state index in [0.717, 1.165) is 54.3 Å². The Labute approximate surface area is 160 Å². The number of halogens is 2. The normalized spacial score (nSPS) is 15.9. The van der Waals surface area contributed by atoms with Crippen LogP contribution in [0.4, 0.5) is 13.8 Å². The summed E-state index contributed by atoms with van der Waals surface area (Å²) >= 11 is 1.32. The van der Waals surface area contributed by atoms with Gasteiger partial charge in [-0.1, -0.05) is 13.3 Å². The summed E-state index contributed by atoms with van der Waals surface area (Å²) in [6.07, 6.45) is 3.59.